The lowest BCUT2D eigenvalue weighted by Gasteiger charge is -2.34. The largest absolute Gasteiger partial charge is 0.341 e. The first-order valence-electron chi connectivity index (χ1n) is 7.13. The summed E-state index contributed by atoms with van der Waals surface area (Å²) in [7, 11) is 3.63. The van der Waals surface area contributed by atoms with Crippen molar-refractivity contribution >= 4 is 5.91 Å². The molecule has 0 bridgehead atoms. The lowest BCUT2D eigenvalue weighted by molar-refractivity contribution is -0.137. The van der Waals surface area contributed by atoms with Gasteiger partial charge in [0.2, 0.25) is 5.91 Å². The second-order valence-corrected chi connectivity index (χ2v) is 5.65. The third kappa shape index (κ3) is 3.59. The standard InChI is InChI=1S/C16H20FN3O/c1-19(2)15(13-4-3-5-14(17)10-13)16(21)20-8-6-12(11-18)7-9-20/h3-5,10,12,15H,6-9H2,1-2H3/t15-/m0/s1. The summed E-state index contributed by atoms with van der Waals surface area (Å²) in [5.41, 5.74) is 0.660. The van der Waals surface area contributed by atoms with Crippen LogP contribution in [0.2, 0.25) is 0 Å². The predicted molar refractivity (Wildman–Crippen MR) is 77.7 cm³/mol. The summed E-state index contributed by atoms with van der Waals surface area (Å²) < 4.78 is 13.4. The first kappa shape index (κ1) is 15.5. The maximum absolute atomic E-state index is 13.4. The van der Waals surface area contributed by atoms with Gasteiger partial charge in [0.25, 0.3) is 0 Å². The fraction of sp³-hybridized carbons (Fsp3) is 0.500. The lowest BCUT2D eigenvalue weighted by Crippen LogP contribution is -2.44. The SMILES string of the molecule is CN(C)[C@H](C(=O)N1CCC(C#N)CC1)c1cccc(F)c1. The van der Waals surface area contributed by atoms with E-state index in [9.17, 15) is 9.18 Å². The number of halogens is 1. The number of rotatable bonds is 3. The minimum atomic E-state index is -0.487. The monoisotopic (exact) mass is 289 g/mol. The summed E-state index contributed by atoms with van der Waals surface area (Å²) >= 11 is 0. The molecule has 0 aliphatic carbocycles. The third-order valence-electron chi connectivity index (χ3n) is 3.90. The van der Waals surface area contributed by atoms with Crippen molar-refractivity contribution < 1.29 is 9.18 Å². The molecule has 0 N–H and O–H groups in total. The van der Waals surface area contributed by atoms with Crippen LogP contribution in [0, 0.1) is 23.1 Å². The molecule has 1 fully saturated rings. The number of likely N-dealkylation sites (tertiary alicyclic amines) is 1. The smallest absolute Gasteiger partial charge is 0.244 e. The van der Waals surface area contributed by atoms with Gasteiger partial charge in [-0.15, -0.1) is 0 Å². The number of carbonyl (C=O) groups excluding carboxylic acids is 1. The van der Waals surface area contributed by atoms with Crippen molar-refractivity contribution in [2.24, 2.45) is 5.92 Å². The zero-order valence-electron chi connectivity index (χ0n) is 12.4. The van der Waals surface area contributed by atoms with Crippen molar-refractivity contribution in [3.8, 4) is 6.07 Å². The van der Waals surface area contributed by atoms with E-state index in [-0.39, 0.29) is 17.6 Å². The van der Waals surface area contributed by atoms with Gasteiger partial charge in [0.05, 0.1) is 6.07 Å². The molecule has 0 radical (unpaired) electrons. The van der Waals surface area contributed by atoms with Gasteiger partial charge in [0.15, 0.2) is 0 Å². The van der Waals surface area contributed by atoms with Crippen molar-refractivity contribution in [2.75, 3.05) is 27.2 Å². The maximum Gasteiger partial charge on any atom is 0.244 e. The molecule has 1 atom stereocenters. The van der Waals surface area contributed by atoms with E-state index in [1.165, 1.54) is 12.1 Å². The Kier molecular flexibility index (Phi) is 4.92. The molecule has 1 aromatic rings. The Hall–Kier alpha value is -1.93. The minimum Gasteiger partial charge on any atom is -0.341 e. The summed E-state index contributed by atoms with van der Waals surface area (Å²) in [4.78, 5) is 16.3. The highest BCUT2D eigenvalue weighted by Gasteiger charge is 2.30. The van der Waals surface area contributed by atoms with Gasteiger partial charge in [-0.1, -0.05) is 12.1 Å². The Bertz CT molecular complexity index is 545. The summed E-state index contributed by atoms with van der Waals surface area (Å²) in [5, 5.41) is 8.92. The van der Waals surface area contributed by atoms with E-state index < -0.39 is 6.04 Å². The van der Waals surface area contributed by atoms with E-state index in [2.05, 4.69) is 6.07 Å². The molecular formula is C16H20FN3O. The molecule has 2 rings (SSSR count). The zero-order chi connectivity index (χ0) is 15.4. The molecular weight excluding hydrogens is 269 g/mol. The molecule has 21 heavy (non-hydrogen) atoms. The number of piperidine rings is 1. The third-order valence-corrected chi connectivity index (χ3v) is 3.90. The van der Waals surface area contributed by atoms with Gasteiger partial charge in [-0.3, -0.25) is 9.69 Å². The summed E-state index contributed by atoms with van der Waals surface area (Å²) in [6.07, 6.45) is 1.43. The molecule has 5 heteroatoms. The van der Waals surface area contributed by atoms with Gasteiger partial charge in [0, 0.05) is 19.0 Å². The molecule has 1 saturated heterocycles. The summed E-state index contributed by atoms with van der Waals surface area (Å²) in [6.45, 7) is 1.19. The zero-order valence-corrected chi connectivity index (χ0v) is 12.4. The van der Waals surface area contributed by atoms with E-state index >= 15 is 0 Å². The molecule has 0 spiro atoms. The highest BCUT2D eigenvalue weighted by atomic mass is 19.1. The predicted octanol–water partition coefficient (Wildman–Crippen LogP) is 2.19. The number of carbonyl (C=O) groups is 1. The molecule has 1 heterocycles. The fourth-order valence-electron chi connectivity index (χ4n) is 2.74. The molecule has 1 aromatic carbocycles. The molecule has 1 aliphatic rings. The number of benzene rings is 1. The number of nitriles is 1. The molecule has 4 nitrogen and oxygen atoms in total. The van der Waals surface area contributed by atoms with Crippen LogP contribution in [-0.4, -0.2) is 42.9 Å². The van der Waals surface area contributed by atoms with Gasteiger partial charge < -0.3 is 4.90 Å². The van der Waals surface area contributed by atoms with E-state index in [0.717, 1.165) is 0 Å². The molecule has 0 unspecified atom stereocenters. The lowest BCUT2D eigenvalue weighted by atomic mass is 9.97. The number of nitrogens with zero attached hydrogens (tertiary/aromatic N) is 3. The number of likely N-dealkylation sites (N-methyl/N-ethyl adjacent to an activating group) is 1. The van der Waals surface area contributed by atoms with Gasteiger partial charge >= 0.3 is 0 Å². The van der Waals surface area contributed by atoms with Crippen LogP contribution in [0.1, 0.15) is 24.4 Å². The van der Waals surface area contributed by atoms with Crippen LogP contribution in [-0.2, 0) is 4.79 Å². The first-order valence-corrected chi connectivity index (χ1v) is 7.13. The van der Waals surface area contributed by atoms with E-state index in [0.29, 0.717) is 31.5 Å². The molecule has 0 saturated carbocycles. The topological polar surface area (TPSA) is 47.3 Å². The van der Waals surface area contributed by atoms with Crippen LogP contribution in [0.4, 0.5) is 4.39 Å². The van der Waals surface area contributed by atoms with Crippen LogP contribution in [0.25, 0.3) is 0 Å². The average Bonchev–Trinajstić information content (AvgIpc) is 2.47. The van der Waals surface area contributed by atoms with Gasteiger partial charge in [-0.05, 0) is 44.6 Å². The Labute approximate surface area is 124 Å². The normalized spacial score (nSPS) is 17.6. The number of amides is 1. The second kappa shape index (κ2) is 6.68. The molecule has 112 valence electrons. The van der Waals surface area contributed by atoms with Crippen LogP contribution < -0.4 is 0 Å². The van der Waals surface area contributed by atoms with Crippen molar-refractivity contribution in [1.82, 2.24) is 9.80 Å². The fourth-order valence-corrected chi connectivity index (χ4v) is 2.74. The van der Waals surface area contributed by atoms with Gasteiger partial charge in [-0.2, -0.15) is 5.26 Å². The minimum absolute atomic E-state index is 0.0259. The van der Waals surface area contributed by atoms with Crippen LogP contribution in [0.3, 0.4) is 0 Å². The Balaban J connectivity index is 2.16. The van der Waals surface area contributed by atoms with E-state index in [1.807, 2.05) is 14.1 Å². The molecule has 1 amide bonds. The number of hydrogen-bond acceptors (Lipinski definition) is 3. The Morgan fingerprint density at radius 1 is 1.43 bits per heavy atom. The van der Waals surface area contributed by atoms with E-state index in [1.54, 1.807) is 21.9 Å². The van der Waals surface area contributed by atoms with Crippen molar-refractivity contribution in [2.45, 2.75) is 18.9 Å². The Morgan fingerprint density at radius 3 is 2.62 bits per heavy atom. The van der Waals surface area contributed by atoms with Crippen LogP contribution in [0.15, 0.2) is 24.3 Å². The molecule has 0 aromatic heterocycles. The molecule has 1 aliphatic heterocycles. The highest BCUT2D eigenvalue weighted by molar-refractivity contribution is 5.83. The first-order chi connectivity index (χ1) is 10.0. The van der Waals surface area contributed by atoms with Crippen molar-refractivity contribution in [3.63, 3.8) is 0 Å². The highest BCUT2D eigenvalue weighted by Crippen LogP contribution is 2.25. The van der Waals surface area contributed by atoms with Crippen LogP contribution >= 0.6 is 0 Å². The quantitative estimate of drug-likeness (QED) is 0.857. The number of hydrogen-bond donors (Lipinski definition) is 0. The van der Waals surface area contributed by atoms with E-state index in [4.69, 9.17) is 5.26 Å². The average molecular weight is 289 g/mol. The van der Waals surface area contributed by atoms with Crippen molar-refractivity contribution in [1.29, 1.82) is 5.26 Å². The Morgan fingerprint density at radius 2 is 2.10 bits per heavy atom. The van der Waals surface area contributed by atoms with Gasteiger partial charge in [0.1, 0.15) is 11.9 Å². The second-order valence-electron chi connectivity index (χ2n) is 5.65. The van der Waals surface area contributed by atoms with Crippen molar-refractivity contribution in [3.05, 3.63) is 35.6 Å². The summed E-state index contributed by atoms with van der Waals surface area (Å²) in [6, 6.07) is 7.94. The van der Waals surface area contributed by atoms with Crippen LogP contribution in [0.5, 0.6) is 0 Å². The maximum atomic E-state index is 13.4. The summed E-state index contributed by atoms with van der Waals surface area (Å²) in [5.74, 6) is -0.321. The van der Waals surface area contributed by atoms with Gasteiger partial charge in [-0.25, -0.2) is 4.39 Å².